The maximum Gasteiger partial charge on any atom is 0.317 e. The average Bonchev–Trinajstić information content (AvgIpc) is 2.35. The van der Waals surface area contributed by atoms with E-state index in [1.54, 1.807) is 6.92 Å². The number of thioether (sulfide) groups is 1. The van der Waals surface area contributed by atoms with Gasteiger partial charge in [0.15, 0.2) is 6.10 Å². The number of amides is 1. The molecule has 1 aromatic carbocycles. The summed E-state index contributed by atoms with van der Waals surface area (Å²) in [6.07, 6.45) is -0.783. The van der Waals surface area contributed by atoms with Crippen LogP contribution in [0.1, 0.15) is 33.3 Å². The van der Waals surface area contributed by atoms with Crippen LogP contribution in [-0.2, 0) is 14.3 Å². The van der Waals surface area contributed by atoms with Gasteiger partial charge in [0.2, 0.25) is 0 Å². The minimum atomic E-state index is -0.783. The Labute approximate surface area is 130 Å². The zero-order valence-electron chi connectivity index (χ0n) is 13.2. The fraction of sp³-hybridized carbons (Fsp3) is 0.500. The van der Waals surface area contributed by atoms with E-state index in [0.717, 1.165) is 10.5 Å². The van der Waals surface area contributed by atoms with Crippen LogP contribution in [0.4, 0.5) is 0 Å². The molecule has 4 nitrogen and oxygen atoms in total. The Morgan fingerprint density at radius 2 is 1.90 bits per heavy atom. The van der Waals surface area contributed by atoms with Crippen LogP contribution in [0, 0.1) is 6.92 Å². The van der Waals surface area contributed by atoms with Crippen LogP contribution in [0.25, 0.3) is 0 Å². The van der Waals surface area contributed by atoms with E-state index in [1.165, 1.54) is 11.8 Å². The van der Waals surface area contributed by atoms with E-state index in [-0.39, 0.29) is 23.2 Å². The second-order valence-electron chi connectivity index (χ2n) is 5.93. The lowest BCUT2D eigenvalue weighted by atomic mass is 10.1. The molecule has 0 aromatic heterocycles. The first-order valence-corrected chi connectivity index (χ1v) is 7.87. The van der Waals surface area contributed by atoms with Crippen LogP contribution >= 0.6 is 11.8 Å². The molecule has 0 fully saturated rings. The molecule has 1 N–H and O–H groups in total. The van der Waals surface area contributed by atoms with E-state index in [9.17, 15) is 9.59 Å². The van der Waals surface area contributed by atoms with Gasteiger partial charge in [-0.3, -0.25) is 9.59 Å². The highest BCUT2D eigenvalue weighted by Crippen LogP contribution is 2.21. The lowest BCUT2D eigenvalue weighted by Gasteiger charge is -2.23. The number of esters is 1. The van der Waals surface area contributed by atoms with Gasteiger partial charge in [0, 0.05) is 10.4 Å². The summed E-state index contributed by atoms with van der Waals surface area (Å²) < 4.78 is 5.15. The third kappa shape index (κ3) is 6.67. The number of nitrogens with one attached hydrogen (secondary N) is 1. The summed E-state index contributed by atoms with van der Waals surface area (Å²) in [6.45, 7) is 9.22. The van der Waals surface area contributed by atoms with Crippen molar-refractivity contribution in [3.05, 3.63) is 29.8 Å². The van der Waals surface area contributed by atoms with Crippen molar-refractivity contribution in [1.82, 2.24) is 5.32 Å². The number of rotatable bonds is 5. The molecule has 0 heterocycles. The van der Waals surface area contributed by atoms with Crippen molar-refractivity contribution in [2.24, 2.45) is 0 Å². The summed E-state index contributed by atoms with van der Waals surface area (Å²) in [6, 6.07) is 7.84. The Hall–Kier alpha value is -1.49. The molecule has 0 aliphatic rings. The molecule has 0 spiro atoms. The highest BCUT2D eigenvalue weighted by atomic mass is 32.2. The Kier molecular flexibility index (Phi) is 6.27. The smallest absolute Gasteiger partial charge is 0.317 e. The molecule has 1 amide bonds. The summed E-state index contributed by atoms with van der Waals surface area (Å²) in [4.78, 5) is 24.7. The molecule has 0 radical (unpaired) electrons. The molecule has 0 bridgehead atoms. The van der Waals surface area contributed by atoms with E-state index < -0.39 is 6.10 Å². The second-order valence-corrected chi connectivity index (χ2v) is 6.94. The van der Waals surface area contributed by atoms with Crippen LogP contribution in [0.5, 0.6) is 0 Å². The van der Waals surface area contributed by atoms with Gasteiger partial charge in [-0.15, -0.1) is 11.8 Å². The first-order chi connectivity index (χ1) is 9.69. The van der Waals surface area contributed by atoms with Gasteiger partial charge < -0.3 is 10.1 Å². The van der Waals surface area contributed by atoms with Crippen molar-refractivity contribution in [3.63, 3.8) is 0 Å². The zero-order valence-corrected chi connectivity index (χ0v) is 14.0. The molecule has 0 saturated heterocycles. The molecule has 5 heteroatoms. The van der Waals surface area contributed by atoms with Crippen molar-refractivity contribution in [2.75, 3.05) is 5.75 Å². The fourth-order valence-corrected chi connectivity index (χ4v) is 2.42. The van der Waals surface area contributed by atoms with Gasteiger partial charge in [0.25, 0.3) is 5.91 Å². The van der Waals surface area contributed by atoms with Gasteiger partial charge in [-0.25, -0.2) is 0 Å². The summed E-state index contributed by atoms with van der Waals surface area (Å²) in [7, 11) is 0. The Bertz CT molecular complexity index is 508. The highest BCUT2D eigenvalue weighted by molar-refractivity contribution is 8.00. The first kappa shape index (κ1) is 17.6. The minimum absolute atomic E-state index is 0.192. The second kappa shape index (κ2) is 7.50. The summed E-state index contributed by atoms with van der Waals surface area (Å²) in [5, 5.41) is 2.78. The van der Waals surface area contributed by atoms with Crippen molar-refractivity contribution >= 4 is 23.6 Å². The van der Waals surface area contributed by atoms with Gasteiger partial charge >= 0.3 is 5.97 Å². The van der Waals surface area contributed by atoms with Crippen molar-refractivity contribution in [3.8, 4) is 0 Å². The standard InChI is InChI=1S/C16H23NO3S/c1-11-8-6-7-9-13(11)21-10-14(18)20-12(2)15(19)17-16(3,4)5/h6-9,12H,10H2,1-5H3,(H,17,19). The maximum absolute atomic E-state index is 11.8. The predicted molar refractivity (Wildman–Crippen MR) is 85.4 cm³/mol. The maximum atomic E-state index is 11.8. The van der Waals surface area contributed by atoms with Gasteiger partial charge in [0.05, 0.1) is 5.75 Å². The fourth-order valence-electron chi connectivity index (χ4n) is 1.61. The van der Waals surface area contributed by atoms with Gasteiger partial charge in [-0.05, 0) is 46.2 Å². The van der Waals surface area contributed by atoms with E-state index in [0.29, 0.717) is 0 Å². The lowest BCUT2D eigenvalue weighted by molar-refractivity contribution is -0.152. The van der Waals surface area contributed by atoms with Crippen molar-refractivity contribution in [2.45, 2.75) is 51.2 Å². The lowest BCUT2D eigenvalue weighted by Crippen LogP contribution is -2.46. The SMILES string of the molecule is Cc1ccccc1SCC(=O)OC(C)C(=O)NC(C)(C)C. The third-order valence-corrected chi connectivity index (χ3v) is 3.76. The zero-order chi connectivity index (χ0) is 16.0. The van der Waals surface area contributed by atoms with E-state index in [1.807, 2.05) is 52.0 Å². The molecular formula is C16H23NO3S. The molecule has 21 heavy (non-hydrogen) atoms. The molecule has 0 aliphatic carbocycles. The molecule has 1 atom stereocenters. The number of aryl methyl sites for hydroxylation is 1. The number of carbonyl (C=O) groups excluding carboxylic acids is 2. The van der Waals surface area contributed by atoms with Gasteiger partial charge in [0.1, 0.15) is 0 Å². The van der Waals surface area contributed by atoms with Crippen molar-refractivity contribution < 1.29 is 14.3 Å². The molecule has 1 unspecified atom stereocenters. The van der Waals surface area contributed by atoms with Gasteiger partial charge in [-0.1, -0.05) is 18.2 Å². The summed E-state index contributed by atoms with van der Waals surface area (Å²) >= 11 is 1.42. The van der Waals surface area contributed by atoms with E-state index in [4.69, 9.17) is 4.74 Å². The normalized spacial score (nSPS) is 12.6. The van der Waals surface area contributed by atoms with E-state index in [2.05, 4.69) is 5.32 Å². The largest absolute Gasteiger partial charge is 0.452 e. The quantitative estimate of drug-likeness (QED) is 0.671. The Balaban J connectivity index is 2.43. The topological polar surface area (TPSA) is 55.4 Å². The predicted octanol–water partition coefficient (Wildman–Crippen LogP) is 2.93. The third-order valence-electron chi connectivity index (χ3n) is 2.61. The minimum Gasteiger partial charge on any atom is -0.452 e. The molecule has 116 valence electrons. The monoisotopic (exact) mass is 309 g/mol. The number of carbonyl (C=O) groups is 2. The number of ether oxygens (including phenoxy) is 1. The molecule has 1 aromatic rings. The molecule has 0 saturated carbocycles. The molecule has 0 aliphatic heterocycles. The highest BCUT2D eigenvalue weighted by Gasteiger charge is 2.22. The van der Waals surface area contributed by atoms with Crippen molar-refractivity contribution in [1.29, 1.82) is 0 Å². The van der Waals surface area contributed by atoms with Crippen LogP contribution in [0.15, 0.2) is 29.2 Å². The number of hydrogen-bond acceptors (Lipinski definition) is 4. The number of hydrogen-bond donors (Lipinski definition) is 1. The van der Waals surface area contributed by atoms with Gasteiger partial charge in [-0.2, -0.15) is 0 Å². The summed E-state index contributed by atoms with van der Waals surface area (Å²) in [5.74, 6) is -0.477. The Morgan fingerprint density at radius 1 is 1.29 bits per heavy atom. The van der Waals surface area contributed by atoms with E-state index >= 15 is 0 Å². The summed E-state index contributed by atoms with van der Waals surface area (Å²) in [5.41, 5.74) is 0.780. The van der Waals surface area contributed by atoms with Crippen LogP contribution in [0.2, 0.25) is 0 Å². The Morgan fingerprint density at radius 3 is 2.48 bits per heavy atom. The molecule has 1 rings (SSSR count). The van der Waals surface area contributed by atoms with Crippen LogP contribution in [0.3, 0.4) is 0 Å². The molecular weight excluding hydrogens is 286 g/mol. The number of benzene rings is 1. The first-order valence-electron chi connectivity index (χ1n) is 6.89. The average molecular weight is 309 g/mol. The van der Waals surface area contributed by atoms with Crippen LogP contribution < -0.4 is 5.32 Å². The van der Waals surface area contributed by atoms with Crippen LogP contribution in [-0.4, -0.2) is 29.3 Å².